The van der Waals surface area contributed by atoms with Gasteiger partial charge in [0.25, 0.3) is 0 Å². The summed E-state index contributed by atoms with van der Waals surface area (Å²) < 4.78 is 26.3. The van der Waals surface area contributed by atoms with Gasteiger partial charge in [-0.3, -0.25) is 0 Å². The second kappa shape index (κ2) is 6.89. The summed E-state index contributed by atoms with van der Waals surface area (Å²) >= 11 is 0. The monoisotopic (exact) mass is 330 g/mol. The lowest BCUT2D eigenvalue weighted by molar-refractivity contribution is 0.387. The Morgan fingerprint density at radius 1 is 0.913 bits per heavy atom. The van der Waals surface area contributed by atoms with Gasteiger partial charge in [-0.05, 0) is 17.7 Å². The topological polar surface area (TPSA) is 66.4 Å². The Morgan fingerprint density at radius 3 is 2.22 bits per heavy atom. The molecule has 2 aromatic rings. The fraction of sp³-hybridized carbons (Fsp3) is 0.250. The van der Waals surface area contributed by atoms with Crippen LogP contribution < -0.4 is 4.90 Å². The molecule has 0 radical (unpaired) electrons. The second-order valence-electron chi connectivity index (χ2n) is 5.19. The first kappa shape index (κ1) is 15.6. The smallest absolute Gasteiger partial charge is 0.236 e. The molecule has 0 amide bonds. The normalized spacial score (nSPS) is 16.8. The lowest BCUT2D eigenvalue weighted by Crippen LogP contribution is -2.48. The van der Waals surface area contributed by atoms with E-state index in [1.807, 2.05) is 35.2 Å². The van der Waals surface area contributed by atoms with Gasteiger partial charge in [-0.15, -0.1) is 0 Å². The average Bonchev–Trinajstić information content (AvgIpc) is 2.62. The number of nitrogens with zero attached hydrogens (tertiary/aromatic N) is 4. The van der Waals surface area contributed by atoms with Crippen molar-refractivity contribution >= 4 is 22.0 Å². The Hall–Kier alpha value is -2.25. The van der Waals surface area contributed by atoms with Crippen LogP contribution in [-0.2, 0) is 10.0 Å². The van der Waals surface area contributed by atoms with E-state index in [-0.39, 0.29) is 0 Å². The molecule has 23 heavy (non-hydrogen) atoms. The minimum atomic E-state index is -3.40. The molecular weight excluding hydrogens is 312 g/mol. The molecule has 1 fully saturated rings. The molecule has 1 aliphatic heterocycles. The van der Waals surface area contributed by atoms with E-state index in [4.69, 9.17) is 0 Å². The molecule has 0 saturated carbocycles. The fourth-order valence-electron chi connectivity index (χ4n) is 2.41. The van der Waals surface area contributed by atoms with E-state index in [2.05, 4.69) is 9.97 Å². The maximum Gasteiger partial charge on any atom is 0.236 e. The molecule has 0 atom stereocenters. The number of rotatable bonds is 4. The highest BCUT2D eigenvalue weighted by Crippen LogP contribution is 2.14. The molecular formula is C16H18N4O2S. The van der Waals surface area contributed by atoms with Crippen molar-refractivity contribution in [2.45, 2.75) is 0 Å². The number of anilines is 1. The average molecular weight is 330 g/mol. The zero-order chi connectivity index (χ0) is 16.1. The predicted octanol–water partition coefficient (Wildman–Crippen LogP) is 1.60. The maximum absolute atomic E-state index is 12.4. The second-order valence-corrected chi connectivity index (χ2v) is 7.01. The molecule has 0 unspecified atom stereocenters. The van der Waals surface area contributed by atoms with Gasteiger partial charge in [-0.25, -0.2) is 18.4 Å². The zero-order valence-electron chi connectivity index (χ0n) is 12.6. The standard InChI is InChI=1S/C16H18N4O2S/c21-23(22,14-7-15-5-2-1-3-6-15)20-12-10-19(11-13-20)16-17-8-4-9-18-16/h1-9,14H,10-13H2. The van der Waals surface area contributed by atoms with Crippen molar-refractivity contribution in [1.82, 2.24) is 14.3 Å². The molecule has 0 bridgehead atoms. The van der Waals surface area contributed by atoms with Gasteiger partial charge in [-0.1, -0.05) is 30.3 Å². The van der Waals surface area contributed by atoms with E-state index in [9.17, 15) is 8.42 Å². The van der Waals surface area contributed by atoms with Crippen molar-refractivity contribution in [1.29, 1.82) is 0 Å². The number of sulfonamides is 1. The van der Waals surface area contributed by atoms with Crippen LogP contribution in [0.4, 0.5) is 5.95 Å². The van der Waals surface area contributed by atoms with Gasteiger partial charge in [0.1, 0.15) is 0 Å². The van der Waals surface area contributed by atoms with Gasteiger partial charge in [-0.2, -0.15) is 4.31 Å². The highest BCUT2D eigenvalue weighted by atomic mass is 32.2. The molecule has 6 nitrogen and oxygen atoms in total. The highest BCUT2D eigenvalue weighted by molar-refractivity contribution is 7.92. The predicted molar refractivity (Wildman–Crippen MR) is 90.2 cm³/mol. The summed E-state index contributed by atoms with van der Waals surface area (Å²) in [6.45, 7) is 2.03. The van der Waals surface area contributed by atoms with E-state index in [1.165, 1.54) is 9.71 Å². The van der Waals surface area contributed by atoms with E-state index >= 15 is 0 Å². The van der Waals surface area contributed by atoms with Crippen molar-refractivity contribution in [2.24, 2.45) is 0 Å². The van der Waals surface area contributed by atoms with Crippen LogP contribution in [0.3, 0.4) is 0 Å². The van der Waals surface area contributed by atoms with Gasteiger partial charge < -0.3 is 4.90 Å². The Kier molecular flexibility index (Phi) is 4.68. The minimum Gasteiger partial charge on any atom is -0.338 e. The summed E-state index contributed by atoms with van der Waals surface area (Å²) in [5.74, 6) is 0.643. The number of aromatic nitrogens is 2. The molecule has 0 aliphatic carbocycles. The van der Waals surface area contributed by atoms with Crippen LogP contribution in [0.25, 0.3) is 6.08 Å². The first-order valence-electron chi connectivity index (χ1n) is 7.40. The SMILES string of the molecule is O=S(=O)(C=Cc1ccccc1)N1CCN(c2ncccn2)CC1. The molecule has 1 aliphatic rings. The summed E-state index contributed by atoms with van der Waals surface area (Å²) in [5.41, 5.74) is 0.868. The lowest BCUT2D eigenvalue weighted by Gasteiger charge is -2.33. The van der Waals surface area contributed by atoms with Crippen molar-refractivity contribution < 1.29 is 8.42 Å². The van der Waals surface area contributed by atoms with E-state index in [0.717, 1.165) is 5.56 Å². The van der Waals surface area contributed by atoms with Crippen molar-refractivity contribution in [3.05, 3.63) is 59.8 Å². The Morgan fingerprint density at radius 2 is 1.57 bits per heavy atom. The summed E-state index contributed by atoms with van der Waals surface area (Å²) in [7, 11) is -3.40. The molecule has 0 N–H and O–H groups in total. The van der Waals surface area contributed by atoms with Crippen LogP contribution in [0.15, 0.2) is 54.2 Å². The summed E-state index contributed by atoms with van der Waals surface area (Å²) in [6, 6.07) is 11.2. The third kappa shape index (κ3) is 3.94. The van der Waals surface area contributed by atoms with Crippen LogP contribution in [0.2, 0.25) is 0 Å². The molecule has 1 aromatic heterocycles. The number of piperazine rings is 1. The minimum absolute atomic E-state index is 0.430. The van der Waals surface area contributed by atoms with Gasteiger partial charge in [0.05, 0.1) is 0 Å². The molecule has 3 rings (SSSR count). The summed E-state index contributed by atoms with van der Waals surface area (Å²) in [6.07, 6.45) is 5.00. The molecule has 7 heteroatoms. The highest BCUT2D eigenvalue weighted by Gasteiger charge is 2.25. The quantitative estimate of drug-likeness (QED) is 0.852. The van der Waals surface area contributed by atoms with E-state index < -0.39 is 10.0 Å². The molecule has 0 spiro atoms. The van der Waals surface area contributed by atoms with E-state index in [0.29, 0.717) is 32.1 Å². The van der Waals surface area contributed by atoms with Crippen LogP contribution >= 0.6 is 0 Å². The van der Waals surface area contributed by atoms with Gasteiger partial charge in [0, 0.05) is 44.0 Å². The van der Waals surface area contributed by atoms with Crippen molar-refractivity contribution in [3.8, 4) is 0 Å². The van der Waals surface area contributed by atoms with E-state index in [1.54, 1.807) is 24.5 Å². The maximum atomic E-state index is 12.4. The van der Waals surface area contributed by atoms with Crippen LogP contribution in [0.5, 0.6) is 0 Å². The third-order valence-electron chi connectivity index (χ3n) is 3.67. The first-order valence-corrected chi connectivity index (χ1v) is 8.91. The molecule has 120 valence electrons. The van der Waals surface area contributed by atoms with Gasteiger partial charge in [0.15, 0.2) is 0 Å². The Bertz CT molecular complexity index is 755. The first-order chi connectivity index (χ1) is 11.1. The zero-order valence-corrected chi connectivity index (χ0v) is 13.4. The number of hydrogen-bond acceptors (Lipinski definition) is 5. The largest absolute Gasteiger partial charge is 0.338 e. The summed E-state index contributed by atoms with van der Waals surface area (Å²) in [5, 5.41) is 1.27. The molecule has 1 saturated heterocycles. The third-order valence-corrected chi connectivity index (χ3v) is 5.23. The van der Waals surface area contributed by atoms with Crippen molar-refractivity contribution in [2.75, 3.05) is 31.1 Å². The Labute approximate surface area is 136 Å². The number of benzene rings is 1. The Balaban J connectivity index is 1.63. The lowest BCUT2D eigenvalue weighted by atomic mass is 10.2. The van der Waals surface area contributed by atoms with Crippen LogP contribution in [0.1, 0.15) is 5.56 Å². The number of hydrogen-bond donors (Lipinski definition) is 0. The van der Waals surface area contributed by atoms with Gasteiger partial charge in [0.2, 0.25) is 16.0 Å². The summed E-state index contributed by atoms with van der Waals surface area (Å²) in [4.78, 5) is 10.4. The van der Waals surface area contributed by atoms with Crippen molar-refractivity contribution in [3.63, 3.8) is 0 Å². The van der Waals surface area contributed by atoms with Gasteiger partial charge >= 0.3 is 0 Å². The molecule has 2 heterocycles. The fourth-order valence-corrected chi connectivity index (χ4v) is 3.59. The molecule has 1 aromatic carbocycles. The van der Waals surface area contributed by atoms with Crippen LogP contribution in [0, 0.1) is 0 Å². The van der Waals surface area contributed by atoms with Crippen LogP contribution in [-0.4, -0.2) is 48.9 Å².